The Hall–Kier alpha value is -2.69. The lowest BCUT2D eigenvalue weighted by atomic mass is 10.1. The van der Waals surface area contributed by atoms with E-state index in [1.165, 1.54) is 0 Å². The third kappa shape index (κ3) is 6.20. The third-order valence-electron chi connectivity index (χ3n) is 3.93. The van der Waals surface area contributed by atoms with Crippen LogP contribution in [0, 0.1) is 13.8 Å². The van der Waals surface area contributed by atoms with E-state index in [0.717, 1.165) is 16.7 Å². The Morgan fingerprint density at radius 2 is 1.63 bits per heavy atom. The number of benzene rings is 2. The van der Waals surface area contributed by atoms with Gasteiger partial charge in [-0.05, 0) is 75.6 Å². The lowest BCUT2D eigenvalue weighted by Crippen LogP contribution is -2.35. The molecule has 0 bridgehead atoms. The van der Waals surface area contributed by atoms with E-state index < -0.39 is 6.10 Å². The summed E-state index contributed by atoms with van der Waals surface area (Å²) >= 11 is 0. The second kappa shape index (κ2) is 9.31. The van der Waals surface area contributed by atoms with Crippen LogP contribution in [0.25, 0.3) is 0 Å². The highest BCUT2D eigenvalue weighted by molar-refractivity contribution is 5.80. The minimum absolute atomic E-state index is 0.0627. The minimum Gasteiger partial charge on any atom is -0.493 e. The van der Waals surface area contributed by atoms with Gasteiger partial charge in [0.1, 0.15) is 5.75 Å². The van der Waals surface area contributed by atoms with E-state index in [1.807, 2.05) is 58.0 Å². The molecule has 0 aromatic heterocycles. The molecule has 0 aliphatic carbocycles. The van der Waals surface area contributed by atoms with Crippen molar-refractivity contribution in [3.63, 3.8) is 0 Å². The molecule has 0 fully saturated rings. The molecule has 2 aromatic carbocycles. The molecule has 1 atom stereocenters. The third-order valence-corrected chi connectivity index (χ3v) is 3.93. The Balaban J connectivity index is 1.95. The lowest BCUT2D eigenvalue weighted by molar-refractivity contribution is -0.127. The van der Waals surface area contributed by atoms with Crippen LogP contribution in [0.2, 0.25) is 0 Å². The minimum atomic E-state index is -0.586. The van der Waals surface area contributed by atoms with Crippen molar-refractivity contribution in [2.75, 3.05) is 7.11 Å². The molecule has 0 saturated carbocycles. The highest BCUT2D eigenvalue weighted by atomic mass is 16.5. The summed E-state index contributed by atoms with van der Waals surface area (Å²) in [6, 6.07) is 11.6. The fraction of sp³-hybridized carbons (Fsp3) is 0.409. The summed E-state index contributed by atoms with van der Waals surface area (Å²) in [5.74, 6) is 1.87. The highest BCUT2D eigenvalue weighted by Gasteiger charge is 2.15. The summed E-state index contributed by atoms with van der Waals surface area (Å²) in [6.07, 6.45) is -0.524. The van der Waals surface area contributed by atoms with Gasteiger partial charge >= 0.3 is 0 Å². The number of ether oxygens (including phenoxy) is 3. The molecule has 2 rings (SSSR count). The van der Waals surface area contributed by atoms with E-state index in [-0.39, 0.29) is 12.0 Å². The summed E-state index contributed by atoms with van der Waals surface area (Å²) < 4.78 is 16.9. The maximum Gasteiger partial charge on any atom is 0.261 e. The molecule has 0 aliphatic heterocycles. The number of hydrogen-bond acceptors (Lipinski definition) is 4. The number of amides is 1. The average Bonchev–Trinajstić information content (AvgIpc) is 2.59. The van der Waals surface area contributed by atoms with E-state index in [4.69, 9.17) is 14.2 Å². The van der Waals surface area contributed by atoms with Gasteiger partial charge in [-0.25, -0.2) is 0 Å². The van der Waals surface area contributed by atoms with Crippen LogP contribution in [0.5, 0.6) is 17.2 Å². The number of carbonyl (C=O) groups is 1. The average molecular weight is 371 g/mol. The molecule has 2 aromatic rings. The summed E-state index contributed by atoms with van der Waals surface area (Å²) in [7, 11) is 1.60. The zero-order valence-electron chi connectivity index (χ0n) is 17.0. The van der Waals surface area contributed by atoms with Crippen molar-refractivity contribution in [1.82, 2.24) is 5.32 Å². The summed E-state index contributed by atoms with van der Waals surface area (Å²) in [5, 5.41) is 2.90. The molecule has 5 nitrogen and oxygen atoms in total. The maximum atomic E-state index is 12.4. The van der Waals surface area contributed by atoms with Crippen LogP contribution in [0.4, 0.5) is 0 Å². The zero-order valence-corrected chi connectivity index (χ0v) is 17.0. The summed E-state index contributed by atoms with van der Waals surface area (Å²) in [5.41, 5.74) is 3.14. The normalized spacial score (nSPS) is 11.8. The SMILES string of the molecule is COc1cc(CNC(=O)[C@H](C)Oc2cc(C)cc(C)c2)ccc1OC(C)C. The van der Waals surface area contributed by atoms with E-state index in [2.05, 4.69) is 11.4 Å². The number of methoxy groups -OCH3 is 1. The standard InChI is InChI=1S/C22H29NO4/c1-14(2)26-20-8-7-18(12-21(20)25-6)13-23-22(24)17(5)27-19-10-15(3)9-16(4)11-19/h7-12,14,17H,13H2,1-6H3,(H,23,24)/t17-/m0/s1. The molecule has 0 saturated heterocycles. The van der Waals surface area contributed by atoms with Crippen LogP contribution in [0.15, 0.2) is 36.4 Å². The van der Waals surface area contributed by atoms with Crippen molar-refractivity contribution >= 4 is 5.91 Å². The molecule has 0 spiro atoms. The van der Waals surface area contributed by atoms with Crippen molar-refractivity contribution < 1.29 is 19.0 Å². The van der Waals surface area contributed by atoms with Crippen molar-refractivity contribution in [2.45, 2.75) is 53.4 Å². The topological polar surface area (TPSA) is 56.8 Å². The number of carbonyl (C=O) groups excluding carboxylic acids is 1. The molecule has 1 amide bonds. The van der Waals surface area contributed by atoms with E-state index >= 15 is 0 Å². The second-order valence-corrected chi connectivity index (χ2v) is 6.95. The molecule has 0 unspecified atom stereocenters. The smallest absolute Gasteiger partial charge is 0.261 e. The predicted octanol–water partition coefficient (Wildman–Crippen LogP) is 4.18. The molecule has 0 aliphatic rings. The molecule has 0 radical (unpaired) electrons. The first-order chi connectivity index (χ1) is 12.8. The van der Waals surface area contributed by atoms with Gasteiger partial charge < -0.3 is 19.5 Å². The zero-order chi connectivity index (χ0) is 20.0. The molecule has 146 valence electrons. The lowest BCUT2D eigenvalue weighted by Gasteiger charge is -2.17. The van der Waals surface area contributed by atoms with Crippen molar-refractivity contribution in [3.05, 3.63) is 53.1 Å². The largest absolute Gasteiger partial charge is 0.493 e. The van der Waals surface area contributed by atoms with Gasteiger partial charge in [-0.15, -0.1) is 0 Å². The van der Waals surface area contributed by atoms with Crippen LogP contribution in [-0.4, -0.2) is 25.2 Å². The van der Waals surface area contributed by atoms with Crippen LogP contribution in [0.1, 0.15) is 37.5 Å². The fourth-order valence-electron chi connectivity index (χ4n) is 2.76. The van der Waals surface area contributed by atoms with Crippen LogP contribution >= 0.6 is 0 Å². The number of rotatable bonds is 8. The second-order valence-electron chi connectivity index (χ2n) is 6.95. The van der Waals surface area contributed by atoms with Gasteiger partial charge in [-0.3, -0.25) is 4.79 Å². The molecular weight excluding hydrogens is 342 g/mol. The van der Waals surface area contributed by atoms with Crippen molar-refractivity contribution in [3.8, 4) is 17.2 Å². The molecular formula is C22H29NO4. The highest BCUT2D eigenvalue weighted by Crippen LogP contribution is 2.29. The van der Waals surface area contributed by atoms with Crippen molar-refractivity contribution in [1.29, 1.82) is 0 Å². The van der Waals surface area contributed by atoms with Gasteiger partial charge in [-0.1, -0.05) is 12.1 Å². The number of aryl methyl sites for hydroxylation is 2. The van der Waals surface area contributed by atoms with Crippen LogP contribution in [-0.2, 0) is 11.3 Å². The van der Waals surface area contributed by atoms with E-state index in [0.29, 0.717) is 23.8 Å². The van der Waals surface area contributed by atoms with Gasteiger partial charge in [0.05, 0.1) is 13.2 Å². The Bertz CT molecular complexity index is 766. The maximum absolute atomic E-state index is 12.4. The van der Waals surface area contributed by atoms with Gasteiger partial charge in [-0.2, -0.15) is 0 Å². The van der Waals surface area contributed by atoms with Gasteiger partial charge in [0.2, 0.25) is 0 Å². The summed E-state index contributed by atoms with van der Waals surface area (Å²) in [4.78, 5) is 12.4. The molecule has 0 heterocycles. The number of hydrogen-bond donors (Lipinski definition) is 1. The number of nitrogens with one attached hydrogen (secondary N) is 1. The monoisotopic (exact) mass is 371 g/mol. The molecule has 5 heteroatoms. The first-order valence-corrected chi connectivity index (χ1v) is 9.14. The molecule has 1 N–H and O–H groups in total. The molecule has 27 heavy (non-hydrogen) atoms. The fourth-order valence-corrected chi connectivity index (χ4v) is 2.76. The quantitative estimate of drug-likeness (QED) is 0.756. The van der Waals surface area contributed by atoms with Gasteiger partial charge in [0.25, 0.3) is 5.91 Å². The Morgan fingerprint density at radius 3 is 2.22 bits per heavy atom. The first-order valence-electron chi connectivity index (χ1n) is 9.14. The summed E-state index contributed by atoms with van der Waals surface area (Å²) in [6.45, 7) is 10.1. The van der Waals surface area contributed by atoms with Crippen molar-refractivity contribution in [2.24, 2.45) is 0 Å². The Kier molecular flexibility index (Phi) is 7.11. The first kappa shape index (κ1) is 20.6. The van der Waals surface area contributed by atoms with Gasteiger partial charge in [0.15, 0.2) is 17.6 Å². The predicted molar refractivity (Wildman–Crippen MR) is 107 cm³/mol. The van der Waals surface area contributed by atoms with Crippen LogP contribution in [0.3, 0.4) is 0 Å². The Labute approximate surface area is 161 Å². The van der Waals surface area contributed by atoms with Gasteiger partial charge in [0, 0.05) is 6.54 Å². The Morgan fingerprint density at radius 1 is 0.963 bits per heavy atom. The van der Waals surface area contributed by atoms with Crippen LogP contribution < -0.4 is 19.5 Å². The van der Waals surface area contributed by atoms with E-state index in [9.17, 15) is 4.79 Å². The van der Waals surface area contributed by atoms with E-state index in [1.54, 1.807) is 14.0 Å².